The summed E-state index contributed by atoms with van der Waals surface area (Å²) in [5, 5.41) is 6.55. The van der Waals surface area contributed by atoms with Crippen molar-refractivity contribution in [2.24, 2.45) is 5.41 Å². The molecule has 4 rings (SSSR count). The van der Waals surface area contributed by atoms with Gasteiger partial charge in [-0.3, -0.25) is 19.1 Å². The van der Waals surface area contributed by atoms with E-state index in [9.17, 15) is 27.6 Å². The summed E-state index contributed by atoms with van der Waals surface area (Å²) in [5.74, 6) is -1.75. The minimum atomic E-state index is -4.54. The average molecular weight is 534 g/mol. The van der Waals surface area contributed by atoms with Gasteiger partial charge in [0.25, 0.3) is 11.3 Å². The van der Waals surface area contributed by atoms with Crippen LogP contribution in [-0.2, 0) is 23.1 Å². The Hall–Kier alpha value is -3.70. The van der Waals surface area contributed by atoms with Crippen molar-refractivity contribution in [1.29, 1.82) is 0 Å². The first kappa shape index (κ1) is 27.3. The van der Waals surface area contributed by atoms with Crippen molar-refractivity contribution in [2.75, 3.05) is 7.05 Å². The summed E-state index contributed by atoms with van der Waals surface area (Å²) in [4.78, 5) is 41.9. The molecule has 3 heterocycles. The Morgan fingerprint density at radius 3 is 2.45 bits per heavy atom. The van der Waals surface area contributed by atoms with Gasteiger partial charge in [0, 0.05) is 36.9 Å². The number of carbonyl (C=O) groups is 2. The van der Waals surface area contributed by atoms with Gasteiger partial charge in [-0.1, -0.05) is 12.8 Å². The fourth-order valence-electron chi connectivity index (χ4n) is 4.83. The Kier molecular flexibility index (Phi) is 7.11. The molecule has 1 fully saturated rings. The predicted octanol–water partition coefficient (Wildman–Crippen LogP) is 4.28. The van der Waals surface area contributed by atoms with Gasteiger partial charge in [-0.2, -0.15) is 18.3 Å². The lowest BCUT2D eigenvalue weighted by molar-refractivity contribution is -0.143. The van der Waals surface area contributed by atoms with Gasteiger partial charge in [0.2, 0.25) is 0 Å². The summed E-state index contributed by atoms with van der Waals surface area (Å²) in [6.07, 6.45) is 2.56. The number of aromatic nitrogens is 4. The molecule has 0 atom stereocenters. The molecule has 0 unspecified atom stereocenters. The van der Waals surface area contributed by atoms with Crippen molar-refractivity contribution in [1.82, 2.24) is 24.6 Å². The maximum atomic E-state index is 13.9. The Morgan fingerprint density at radius 1 is 1.16 bits per heavy atom. The molecule has 0 radical (unpaired) electrons. The number of aryl methyl sites for hydroxylation is 1. The zero-order chi connectivity index (χ0) is 27.9. The normalized spacial score (nSPS) is 15.6. The third kappa shape index (κ3) is 5.16. The maximum Gasteiger partial charge on any atom is 0.418 e. The molecule has 204 valence electrons. The number of nitrogens with zero attached hydrogens (tertiary/aromatic N) is 4. The van der Waals surface area contributed by atoms with Gasteiger partial charge in [-0.25, -0.2) is 4.98 Å². The van der Waals surface area contributed by atoms with Crippen LogP contribution in [0.25, 0.3) is 11.0 Å². The molecule has 38 heavy (non-hydrogen) atoms. The molecule has 0 aromatic carbocycles. The van der Waals surface area contributed by atoms with Crippen LogP contribution in [-0.4, -0.2) is 38.3 Å². The summed E-state index contributed by atoms with van der Waals surface area (Å²) < 4.78 is 49.9. The number of fused-ring (bicyclic) bond motifs is 1. The van der Waals surface area contributed by atoms with E-state index in [0.717, 1.165) is 19.0 Å². The molecule has 3 aromatic rings. The van der Waals surface area contributed by atoms with Gasteiger partial charge >= 0.3 is 12.1 Å². The van der Waals surface area contributed by atoms with Crippen LogP contribution >= 0.6 is 0 Å². The highest BCUT2D eigenvalue weighted by molar-refractivity contribution is 5.92. The molecule has 12 heteroatoms. The zero-order valence-corrected chi connectivity index (χ0v) is 21.7. The van der Waals surface area contributed by atoms with Crippen LogP contribution in [0.4, 0.5) is 13.2 Å². The first-order valence-electron chi connectivity index (χ1n) is 12.4. The first-order chi connectivity index (χ1) is 17.8. The fourth-order valence-corrected chi connectivity index (χ4v) is 4.83. The fraction of sp³-hybridized carbons (Fsp3) is 0.500. The van der Waals surface area contributed by atoms with Gasteiger partial charge in [-0.15, -0.1) is 0 Å². The summed E-state index contributed by atoms with van der Waals surface area (Å²) in [5.41, 5.74) is -3.35. The van der Waals surface area contributed by atoms with Crippen LogP contribution in [0, 0.1) is 5.41 Å². The molecule has 0 bridgehead atoms. The molecular weight excluding hydrogens is 503 g/mol. The summed E-state index contributed by atoms with van der Waals surface area (Å²) in [7, 11) is 1.34. The van der Waals surface area contributed by atoms with Crippen molar-refractivity contribution in [3.05, 3.63) is 52.2 Å². The SMILES string of the molecule is CNC(=O)c1nn(CCC2(n3cc(C(F)(F)F)c4cccnc43)CCCC2)cc(OC(=O)C(C)(C)C)c1=O. The van der Waals surface area contributed by atoms with Crippen molar-refractivity contribution in [3.8, 4) is 5.75 Å². The number of amides is 1. The van der Waals surface area contributed by atoms with Gasteiger partial charge in [0.05, 0.1) is 17.2 Å². The van der Waals surface area contributed by atoms with E-state index in [1.807, 2.05) is 0 Å². The minimum Gasteiger partial charge on any atom is -0.420 e. The van der Waals surface area contributed by atoms with Crippen molar-refractivity contribution in [3.63, 3.8) is 0 Å². The van der Waals surface area contributed by atoms with E-state index < -0.39 is 45.7 Å². The van der Waals surface area contributed by atoms with Crippen LogP contribution in [0.15, 0.2) is 35.5 Å². The van der Waals surface area contributed by atoms with Gasteiger partial charge in [0.1, 0.15) is 5.65 Å². The van der Waals surface area contributed by atoms with Crippen molar-refractivity contribution < 1.29 is 27.5 Å². The lowest BCUT2D eigenvalue weighted by Gasteiger charge is -2.32. The number of hydrogen-bond donors (Lipinski definition) is 1. The molecule has 0 aliphatic heterocycles. The van der Waals surface area contributed by atoms with Crippen LogP contribution in [0.2, 0.25) is 0 Å². The number of ether oxygens (including phenoxy) is 1. The molecule has 0 saturated heterocycles. The Bertz CT molecular complexity index is 1430. The topological polar surface area (TPSA) is 108 Å². The summed E-state index contributed by atoms with van der Waals surface area (Å²) in [6, 6.07) is 2.90. The van der Waals surface area contributed by atoms with Gasteiger partial charge in [-0.05, 0) is 52.2 Å². The molecule has 1 aliphatic carbocycles. The van der Waals surface area contributed by atoms with E-state index in [4.69, 9.17) is 4.74 Å². The second kappa shape index (κ2) is 9.88. The Balaban J connectivity index is 1.74. The van der Waals surface area contributed by atoms with E-state index in [2.05, 4.69) is 15.4 Å². The Morgan fingerprint density at radius 2 is 1.84 bits per heavy atom. The van der Waals surface area contributed by atoms with E-state index >= 15 is 0 Å². The largest absolute Gasteiger partial charge is 0.420 e. The second-order valence-corrected chi connectivity index (χ2v) is 10.6. The number of hydrogen-bond acceptors (Lipinski definition) is 6. The molecule has 1 amide bonds. The van der Waals surface area contributed by atoms with Crippen LogP contribution in [0.3, 0.4) is 0 Å². The molecule has 1 aliphatic rings. The minimum absolute atomic E-state index is 0.0334. The van der Waals surface area contributed by atoms with E-state index in [1.54, 1.807) is 25.3 Å². The third-order valence-corrected chi connectivity index (χ3v) is 6.91. The zero-order valence-electron chi connectivity index (χ0n) is 21.7. The first-order valence-corrected chi connectivity index (χ1v) is 12.4. The monoisotopic (exact) mass is 533 g/mol. The van der Waals surface area contributed by atoms with Gasteiger partial charge < -0.3 is 14.6 Å². The number of rotatable bonds is 6. The second-order valence-electron chi connectivity index (χ2n) is 10.6. The highest BCUT2D eigenvalue weighted by atomic mass is 19.4. The Labute approximate surface area is 217 Å². The maximum absolute atomic E-state index is 13.9. The number of carbonyl (C=O) groups excluding carboxylic acids is 2. The van der Waals surface area contributed by atoms with Crippen LogP contribution in [0.5, 0.6) is 5.75 Å². The highest BCUT2D eigenvalue weighted by Gasteiger charge is 2.41. The average Bonchev–Trinajstić information content (AvgIpc) is 3.49. The van der Waals surface area contributed by atoms with E-state index in [1.165, 1.54) is 36.3 Å². The van der Waals surface area contributed by atoms with E-state index in [-0.39, 0.29) is 23.3 Å². The van der Waals surface area contributed by atoms with Crippen molar-refractivity contribution in [2.45, 2.75) is 71.1 Å². The number of esters is 1. The molecule has 0 spiro atoms. The molecular formula is C26H30F3N5O4. The van der Waals surface area contributed by atoms with E-state index in [0.29, 0.717) is 19.3 Å². The summed E-state index contributed by atoms with van der Waals surface area (Å²) in [6.45, 7) is 5.04. The number of nitrogens with one attached hydrogen (secondary N) is 1. The van der Waals surface area contributed by atoms with Crippen LogP contribution < -0.4 is 15.5 Å². The molecule has 1 N–H and O–H groups in total. The van der Waals surface area contributed by atoms with Gasteiger partial charge in [0.15, 0.2) is 11.4 Å². The lowest BCUT2D eigenvalue weighted by Crippen LogP contribution is -2.35. The molecule has 9 nitrogen and oxygen atoms in total. The third-order valence-electron chi connectivity index (χ3n) is 6.91. The molecule has 1 saturated carbocycles. The number of halogens is 3. The standard InChI is InChI=1S/C26H30F3N5O4/c1-24(2,3)23(37)38-18-15-33(32-19(20(18)35)22(36)30-4)13-11-25(9-5-6-10-25)34-14-17(26(27,28)29)16-8-7-12-31-21(16)34/h7-8,12,14-15H,5-6,9-11,13H2,1-4H3,(H,30,36). The highest BCUT2D eigenvalue weighted by Crippen LogP contribution is 2.45. The number of pyridine rings is 1. The summed E-state index contributed by atoms with van der Waals surface area (Å²) >= 11 is 0. The lowest BCUT2D eigenvalue weighted by atomic mass is 9.92. The van der Waals surface area contributed by atoms with Crippen LogP contribution in [0.1, 0.15) is 68.9 Å². The van der Waals surface area contributed by atoms with Crippen molar-refractivity contribution >= 4 is 22.9 Å². The molecule has 3 aromatic heterocycles. The smallest absolute Gasteiger partial charge is 0.418 e. The quantitative estimate of drug-likeness (QED) is 0.474. The predicted molar refractivity (Wildman–Crippen MR) is 133 cm³/mol. The number of alkyl halides is 3.